The molecule has 1 fully saturated rings. The van der Waals surface area contributed by atoms with Gasteiger partial charge in [0, 0.05) is 12.2 Å². The summed E-state index contributed by atoms with van der Waals surface area (Å²) in [5.41, 5.74) is 1.48. The molecular weight excluding hydrogens is 404 g/mol. The number of hydrogen-bond acceptors (Lipinski definition) is 4. The van der Waals surface area contributed by atoms with Crippen LogP contribution in [0.1, 0.15) is 31.2 Å². The highest BCUT2D eigenvalue weighted by Crippen LogP contribution is 2.31. The summed E-state index contributed by atoms with van der Waals surface area (Å²) in [4.78, 5) is 24.0. The van der Waals surface area contributed by atoms with Crippen LogP contribution in [0.5, 0.6) is 0 Å². The number of anilines is 1. The minimum Gasteiger partial charge on any atom is -0.481 e. The molecule has 30 heavy (non-hydrogen) atoms. The van der Waals surface area contributed by atoms with Gasteiger partial charge in [-0.3, -0.25) is 9.59 Å². The third kappa shape index (κ3) is 5.67. The molecule has 0 spiro atoms. The van der Waals surface area contributed by atoms with Gasteiger partial charge in [-0.25, -0.2) is 13.1 Å². The Bertz CT molecular complexity index is 974. The molecule has 0 aliphatic heterocycles. The first kappa shape index (κ1) is 22.0. The number of carbonyl (C=O) groups excluding carboxylic acids is 1. The number of aliphatic carboxylic acids is 1. The molecule has 1 saturated carbocycles. The lowest BCUT2D eigenvalue weighted by Gasteiger charge is -2.27. The first-order valence-electron chi connectivity index (χ1n) is 10.0. The number of rotatable bonds is 8. The first-order valence-corrected chi connectivity index (χ1v) is 11.5. The average molecular weight is 431 g/mol. The average Bonchev–Trinajstić information content (AvgIpc) is 2.74. The van der Waals surface area contributed by atoms with Crippen LogP contribution in [0.3, 0.4) is 0 Å². The number of carboxylic acids is 1. The molecule has 2 aromatic rings. The van der Waals surface area contributed by atoms with Crippen molar-refractivity contribution in [1.82, 2.24) is 4.72 Å². The maximum Gasteiger partial charge on any atom is 0.307 e. The molecule has 0 saturated heterocycles. The van der Waals surface area contributed by atoms with Crippen LogP contribution in [0.2, 0.25) is 0 Å². The Hall–Kier alpha value is -2.71. The summed E-state index contributed by atoms with van der Waals surface area (Å²) in [6, 6.07) is 15.5. The van der Waals surface area contributed by atoms with Crippen LogP contribution < -0.4 is 10.0 Å². The summed E-state index contributed by atoms with van der Waals surface area (Å²) in [6.07, 6.45) is 3.26. The van der Waals surface area contributed by atoms with Crippen LogP contribution in [0.4, 0.5) is 5.69 Å². The topological polar surface area (TPSA) is 113 Å². The third-order valence-corrected chi connectivity index (χ3v) is 6.88. The van der Waals surface area contributed by atoms with Crippen LogP contribution in [-0.2, 0) is 26.0 Å². The lowest BCUT2D eigenvalue weighted by molar-refractivity contribution is -0.147. The molecule has 8 heteroatoms. The predicted molar refractivity (Wildman–Crippen MR) is 113 cm³/mol. The normalized spacial score (nSPS) is 19.2. The number of carbonyl (C=O) groups is 2. The van der Waals surface area contributed by atoms with E-state index in [1.165, 1.54) is 24.3 Å². The summed E-state index contributed by atoms with van der Waals surface area (Å²) in [7, 11) is -3.66. The van der Waals surface area contributed by atoms with Crippen molar-refractivity contribution in [3.05, 3.63) is 60.2 Å². The van der Waals surface area contributed by atoms with Crippen molar-refractivity contribution in [2.75, 3.05) is 11.9 Å². The fourth-order valence-corrected chi connectivity index (χ4v) is 4.78. The summed E-state index contributed by atoms with van der Waals surface area (Å²) in [5.74, 6) is -2.52. The summed E-state index contributed by atoms with van der Waals surface area (Å²) >= 11 is 0. The van der Waals surface area contributed by atoms with Gasteiger partial charge in [0.15, 0.2) is 0 Å². The van der Waals surface area contributed by atoms with E-state index < -0.39 is 27.8 Å². The van der Waals surface area contributed by atoms with E-state index >= 15 is 0 Å². The lowest BCUT2D eigenvalue weighted by atomic mass is 9.78. The molecule has 7 nitrogen and oxygen atoms in total. The van der Waals surface area contributed by atoms with Gasteiger partial charge in [-0.1, -0.05) is 43.2 Å². The molecule has 0 unspecified atom stereocenters. The molecule has 0 radical (unpaired) electrons. The molecule has 3 rings (SSSR count). The Labute approximate surface area is 176 Å². The highest BCUT2D eigenvalue weighted by molar-refractivity contribution is 7.89. The molecule has 160 valence electrons. The van der Waals surface area contributed by atoms with Crippen molar-refractivity contribution in [1.29, 1.82) is 0 Å². The van der Waals surface area contributed by atoms with Crippen LogP contribution in [0.25, 0.3) is 0 Å². The maximum atomic E-state index is 12.5. The minimum atomic E-state index is -3.66. The smallest absolute Gasteiger partial charge is 0.307 e. The molecule has 0 heterocycles. The van der Waals surface area contributed by atoms with E-state index in [0.29, 0.717) is 24.9 Å². The fourth-order valence-electron chi connectivity index (χ4n) is 3.75. The van der Waals surface area contributed by atoms with Crippen molar-refractivity contribution in [2.24, 2.45) is 11.8 Å². The summed E-state index contributed by atoms with van der Waals surface area (Å²) < 4.78 is 27.5. The summed E-state index contributed by atoms with van der Waals surface area (Å²) in [5, 5.41) is 12.1. The zero-order valence-corrected chi connectivity index (χ0v) is 17.4. The van der Waals surface area contributed by atoms with Crippen LogP contribution in [0, 0.1) is 11.8 Å². The Morgan fingerprint density at radius 2 is 1.57 bits per heavy atom. The number of amides is 1. The van der Waals surface area contributed by atoms with E-state index in [2.05, 4.69) is 10.0 Å². The third-order valence-electron chi connectivity index (χ3n) is 5.40. The zero-order chi connectivity index (χ0) is 21.6. The number of sulfonamides is 1. The van der Waals surface area contributed by atoms with Gasteiger partial charge in [0.2, 0.25) is 15.9 Å². The van der Waals surface area contributed by atoms with Crippen molar-refractivity contribution >= 4 is 27.6 Å². The van der Waals surface area contributed by atoms with E-state index in [-0.39, 0.29) is 17.3 Å². The molecule has 2 atom stereocenters. The Kier molecular flexibility index (Phi) is 7.23. The van der Waals surface area contributed by atoms with Crippen LogP contribution in [-0.4, -0.2) is 31.9 Å². The Morgan fingerprint density at radius 3 is 2.20 bits per heavy atom. The largest absolute Gasteiger partial charge is 0.481 e. The molecule has 1 aliphatic carbocycles. The number of benzene rings is 2. The summed E-state index contributed by atoms with van der Waals surface area (Å²) in [6.45, 7) is 0.281. The second kappa shape index (κ2) is 9.86. The van der Waals surface area contributed by atoms with E-state index in [0.717, 1.165) is 18.4 Å². The minimum absolute atomic E-state index is 0.106. The van der Waals surface area contributed by atoms with Gasteiger partial charge in [-0.05, 0) is 49.1 Å². The molecule has 1 aliphatic rings. The second-order valence-corrected chi connectivity index (χ2v) is 9.25. The van der Waals surface area contributed by atoms with Gasteiger partial charge in [-0.15, -0.1) is 0 Å². The molecule has 2 aromatic carbocycles. The highest BCUT2D eigenvalue weighted by Gasteiger charge is 2.35. The second-order valence-electron chi connectivity index (χ2n) is 7.48. The number of carboxylic acid groups (broad SMARTS) is 1. The van der Waals surface area contributed by atoms with Gasteiger partial charge in [0.1, 0.15) is 0 Å². The molecule has 3 N–H and O–H groups in total. The van der Waals surface area contributed by atoms with Gasteiger partial charge in [-0.2, -0.15) is 0 Å². The Morgan fingerprint density at radius 1 is 0.933 bits per heavy atom. The highest BCUT2D eigenvalue weighted by atomic mass is 32.2. The quantitative estimate of drug-likeness (QED) is 0.596. The number of hydrogen-bond donors (Lipinski definition) is 3. The van der Waals surface area contributed by atoms with E-state index in [4.69, 9.17) is 0 Å². The van der Waals surface area contributed by atoms with Crippen molar-refractivity contribution < 1.29 is 23.1 Å². The molecule has 1 amide bonds. The van der Waals surface area contributed by atoms with Gasteiger partial charge >= 0.3 is 5.97 Å². The molecule has 0 bridgehead atoms. The zero-order valence-electron chi connectivity index (χ0n) is 16.6. The van der Waals surface area contributed by atoms with Crippen molar-refractivity contribution in [3.63, 3.8) is 0 Å². The van der Waals surface area contributed by atoms with Crippen LogP contribution in [0.15, 0.2) is 59.5 Å². The standard InChI is InChI=1S/C22H26N2O5S/c25-21(19-8-4-5-9-20(19)22(26)27)24-17-10-12-18(13-11-17)30(28,29)23-15-14-16-6-2-1-3-7-16/h1-3,6-7,10-13,19-20,23H,4-5,8-9,14-15H2,(H,24,25)(H,26,27)/t19-,20-/m1/s1. The molecule has 0 aromatic heterocycles. The maximum absolute atomic E-state index is 12.5. The lowest BCUT2D eigenvalue weighted by Crippen LogP contribution is -2.36. The van der Waals surface area contributed by atoms with Crippen molar-refractivity contribution in [3.8, 4) is 0 Å². The van der Waals surface area contributed by atoms with E-state index in [1.807, 2.05) is 30.3 Å². The predicted octanol–water partition coefficient (Wildman–Crippen LogP) is 3.04. The first-order chi connectivity index (χ1) is 14.4. The van der Waals surface area contributed by atoms with E-state index in [9.17, 15) is 23.1 Å². The van der Waals surface area contributed by atoms with E-state index in [1.54, 1.807) is 0 Å². The van der Waals surface area contributed by atoms with Crippen molar-refractivity contribution in [2.45, 2.75) is 37.0 Å². The monoisotopic (exact) mass is 430 g/mol. The molecular formula is C22H26N2O5S. The fraction of sp³-hybridized carbons (Fsp3) is 0.364. The van der Waals surface area contributed by atoms with Gasteiger partial charge in [0.25, 0.3) is 0 Å². The van der Waals surface area contributed by atoms with Crippen LogP contribution >= 0.6 is 0 Å². The SMILES string of the molecule is O=C(O)[C@@H]1CCCC[C@H]1C(=O)Nc1ccc(S(=O)(=O)NCCc2ccccc2)cc1. The van der Waals surface area contributed by atoms with Gasteiger partial charge < -0.3 is 10.4 Å². The van der Waals surface area contributed by atoms with Gasteiger partial charge in [0.05, 0.1) is 16.7 Å². The number of nitrogens with one attached hydrogen (secondary N) is 2. The Balaban J connectivity index is 1.58.